The van der Waals surface area contributed by atoms with E-state index in [0.717, 1.165) is 17.0 Å². The third kappa shape index (κ3) is 3.59. The summed E-state index contributed by atoms with van der Waals surface area (Å²) in [4.78, 5) is 12.8. The second-order valence-corrected chi connectivity index (χ2v) is 6.57. The van der Waals surface area contributed by atoms with Gasteiger partial charge in [-0.3, -0.25) is 5.10 Å². The lowest BCUT2D eigenvalue weighted by molar-refractivity contribution is -0.137. The lowest BCUT2D eigenvalue weighted by Gasteiger charge is -2.13. The number of halogens is 3. The number of hydrogen-bond acceptors (Lipinski definition) is 6. The number of nitrogens with zero attached hydrogens (tertiary/aromatic N) is 4. The molecule has 3 aromatic heterocycles. The Labute approximate surface area is 173 Å². The normalized spacial score (nSPS) is 11.7. The average Bonchev–Trinajstić information content (AvgIpc) is 3.44. The van der Waals surface area contributed by atoms with Crippen molar-refractivity contribution < 1.29 is 17.6 Å². The van der Waals surface area contributed by atoms with E-state index in [1.165, 1.54) is 24.5 Å². The van der Waals surface area contributed by atoms with Crippen molar-refractivity contribution in [1.29, 1.82) is 0 Å². The molecule has 5 rings (SSSR count). The predicted octanol–water partition coefficient (Wildman–Crippen LogP) is 5.44. The van der Waals surface area contributed by atoms with Crippen molar-refractivity contribution in [1.82, 2.24) is 25.1 Å². The van der Waals surface area contributed by atoms with E-state index < -0.39 is 11.7 Å². The van der Waals surface area contributed by atoms with Gasteiger partial charge in [0.1, 0.15) is 0 Å². The fourth-order valence-electron chi connectivity index (χ4n) is 3.16. The molecule has 5 aromatic rings. The van der Waals surface area contributed by atoms with Crippen LogP contribution in [0.25, 0.3) is 33.9 Å². The Morgan fingerprint density at radius 2 is 1.61 bits per heavy atom. The summed E-state index contributed by atoms with van der Waals surface area (Å²) in [5.74, 6) is 0.710. The molecule has 0 aliphatic carbocycles. The van der Waals surface area contributed by atoms with Gasteiger partial charge in [0.25, 0.3) is 0 Å². The predicted molar refractivity (Wildman–Crippen MR) is 107 cm³/mol. The van der Waals surface area contributed by atoms with Gasteiger partial charge < -0.3 is 9.73 Å². The Balaban J connectivity index is 1.66. The molecule has 0 aliphatic rings. The Hall–Kier alpha value is -4.21. The zero-order valence-electron chi connectivity index (χ0n) is 15.7. The van der Waals surface area contributed by atoms with Gasteiger partial charge in [0, 0.05) is 10.9 Å². The zero-order chi connectivity index (χ0) is 21.4. The number of aromatic amines is 1. The molecule has 0 spiro atoms. The van der Waals surface area contributed by atoms with Gasteiger partial charge in [-0.1, -0.05) is 30.3 Å². The van der Waals surface area contributed by atoms with Crippen LogP contribution >= 0.6 is 0 Å². The number of rotatable bonds is 4. The second kappa shape index (κ2) is 7.24. The van der Waals surface area contributed by atoms with E-state index in [4.69, 9.17) is 4.42 Å². The number of para-hydroxylation sites is 1. The maximum Gasteiger partial charge on any atom is 0.417 e. The fraction of sp³-hybridized carbons (Fsp3) is 0.0476. The molecule has 0 unspecified atom stereocenters. The van der Waals surface area contributed by atoms with Crippen LogP contribution in [0.4, 0.5) is 24.9 Å². The van der Waals surface area contributed by atoms with Gasteiger partial charge in [-0.15, -0.1) is 0 Å². The molecule has 2 aromatic carbocycles. The van der Waals surface area contributed by atoms with Crippen molar-refractivity contribution in [2.45, 2.75) is 6.18 Å². The van der Waals surface area contributed by atoms with Gasteiger partial charge in [0.05, 0.1) is 17.3 Å². The summed E-state index contributed by atoms with van der Waals surface area (Å²) in [6.45, 7) is 0. The number of hydrogen-bond donors (Lipinski definition) is 2. The summed E-state index contributed by atoms with van der Waals surface area (Å²) >= 11 is 0. The van der Waals surface area contributed by atoms with E-state index in [1.807, 2.05) is 24.3 Å². The number of H-pyrrole nitrogens is 1. The van der Waals surface area contributed by atoms with Gasteiger partial charge in [0.15, 0.2) is 17.4 Å². The van der Waals surface area contributed by atoms with Gasteiger partial charge >= 0.3 is 6.18 Å². The first kappa shape index (κ1) is 18.8. The molecule has 154 valence electrons. The molecule has 2 N–H and O–H groups in total. The highest BCUT2D eigenvalue weighted by atomic mass is 19.4. The van der Waals surface area contributed by atoms with Crippen LogP contribution in [0.3, 0.4) is 0 Å². The minimum atomic E-state index is -4.57. The molecule has 0 saturated carbocycles. The molecular formula is C21H13F3N6O. The number of alkyl halides is 3. The molecule has 0 atom stereocenters. The van der Waals surface area contributed by atoms with E-state index in [1.54, 1.807) is 12.1 Å². The number of nitrogens with one attached hydrogen (secondary N) is 2. The average molecular weight is 422 g/mol. The van der Waals surface area contributed by atoms with Crippen molar-refractivity contribution >= 4 is 22.7 Å². The van der Waals surface area contributed by atoms with Crippen LogP contribution in [0.1, 0.15) is 5.56 Å². The number of anilines is 2. The maximum absolute atomic E-state index is 13.6. The lowest BCUT2D eigenvalue weighted by atomic mass is 10.1. The fourth-order valence-corrected chi connectivity index (χ4v) is 3.16. The molecule has 3 heterocycles. The first-order valence-electron chi connectivity index (χ1n) is 9.16. The van der Waals surface area contributed by atoms with Crippen molar-refractivity contribution in [2.75, 3.05) is 5.32 Å². The summed E-state index contributed by atoms with van der Waals surface area (Å²) in [7, 11) is 0. The monoisotopic (exact) mass is 422 g/mol. The van der Waals surface area contributed by atoms with Crippen molar-refractivity contribution in [3.05, 3.63) is 72.5 Å². The first-order valence-corrected chi connectivity index (χ1v) is 9.16. The maximum atomic E-state index is 13.6. The third-order valence-electron chi connectivity index (χ3n) is 4.55. The zero-order valence-corrected chi connectivity index (χ0v) is 15.7. The van der Waals surface area contributed by atoms with E-state index in [-0.39, 0.29) is 23.2 Å². The van der Waals surface area contributed by atoms with E-state index in [2.05, 4.69) is 30.5 Å². The topological polar surface area (TPSA) is 92.5 Å². The number of fused-ring (bicyclic) bond motifs is 1. The van der Waals surface area contributed by atoms with Crippen LogP contribution in [-0.2, 0) is 6.18 Å². The largest absolute Gasteiger partial charge is 0.461 e. The standard InChI is InChI=1S/C21H13F3N6O/c22-21(23,24)14-8-3-1-6-12(14)17-25-19(16-10-5-11-31-16)28-20(26-17)27-18-13-7-2-4-9-15(13)29-30-18/h1-11H,(H2,25,26,27,28,29,30). The van der Waals surface area contributed by atoms with E-state index in [0.29, 0.717) is 11.6 Å². The third-order valence-corrected chi connectivity index (χ3v) is 4.55. The van der Waals surface area contributed by atoms with Crippen LogP contribution in [0.15, 0.2) is 71.3 Å². The van der Waals surface area contributed by atoms with Crippen molar-refractivity contribution in [2.24, 2.45) is 0 Å². The van der Waals surface area contributed by atoms with Gasteiger partial charge in [-0.2, -0.15) is 28.2 Å². The summed E-state index contributed by atoms with van der Waals surface area (Å²) < 4.78 is 46.0. The van der Waals surface area contributed by atoms with Gasteiger partial charge in [0.2, 0.25) is 11.8 Å². The van der Waals surface area contributed by atoms with Crippen LogP contribution in [0, 0.1) is 0 Å². The summed E-state index contributed by atoms with van der Waals surface area (Å²) in [6, 6.07) is 15.8. The lowest BCUT2D eigenvalue weighted by Crippen LogP contribution is -2.09. The minimum Gasteiger partial charge on any atom is -0.461 e. The Morgan fingerprint density at radius 1 is 0.839 bits per heavy atom. The molecule has 10 heteroatoms. The molecule has 0 aliphatic heterocycles. The molecular weight excluding hydrogens is 409 g/mol. The Morgan fingerprint density at radius 3 is 2.42 bits per heavy atom. The number of benzene rings is 2. The molecule has 0 radical (unpaired) electrons. The SMILES string of the molecule is FC(F)(F)c1ccccc1-c1nc(Nc2n[nH]c3ccccc23)nc(-c2ccco2)n1. The summed E-state index contributed by atoms with van der Waals surface area (Å²) in [6.07, 6.45) is -3.14. The van der Waals surface area contributed by atoms with Gasteiger partial charge in [-0.25, -0.2) is 4.98 Å². The summed E-state index contributed by atoms with van der Waals surface area (Å²) in [5.41, 5.74) is -0.226. The summed E-state index contributed by atoms with van der Waals surface area (Å²) in [5, 5.41) is 10.8. The van der Waals surface area contributed by atoms with Crippen LogP contribution < -0.4 is 5.32 Å². The van der Waals surface area contributed by atoms with Gasteiger partial charge in [-0.05, 0) is 30.3 Å². The molecule has 0 saturated heterocycles. The smallest absolute Gasteiger partial charge is 0.417 e. The van der Waals surface area contributed by atoms with Crippen molar-refractivity contribution in [3.8, 4) is 23.0 Å². The minimum absolute atomic E-state index is 0.0330. The highest BCUT2D eigenvalue weighted by Crippen LogP contribution is 2.36. The number of furan rings is 1. The Kier molecular flexibility index (Phi) is 4.39. The Bertz CT molecular complexity index is 1360. The van der Waals surface area contributed by atoms with Crippen molar-refractivity contribution in [3.63, 3.8) is 0 Å². The first-order chi connectivity index (χ1) is 15.0. The highest BCUT2D eigenvalue weighted by Gasteiger charge is 2.34. The highest BCUT2D eigenvalue weighted by molar-refractivity contribution is 5.90. The molecule has 0 bridgehead atoms. The molecule has 31 heavy (non-hydrogen) atoms. The van der Waals surface area contributed by atoms with Crippen LogP contribution in [0.2, 0.25) is 0 Å². The molecule has 0 fully saturated rings. The quantitative estimate of drug-likeness (QED) is 0.401. The van der Waals surface area contributed by atoms with Crippen LogP contribution in [-0.4, -0.2) is 25.1 Å². The second-order valence-electron chi connectivity index (χ2n) is 6.57. The number of aromatic nitrogens is 5. The van der Waals surface area contributed by atoms with E-state index in [9.17, 15) is 13.2 Å². The molecule has 7 nitrogen and oxygen atoms in total. The van der Waals surface area contributed by atoms with E-state index >= 15 is 0 Å². The molecule has 0 amide bonds. The van der Waals surface area contributed by atoms with Crippen LogP contribution in [0.5, 0.6) is 0 Å².